The lowest BCUT2D eigenvalue weighted by molar-refractivity contribution is -0.136. The molecule has 2 aromatic heterocycles. The fourth-order valence-corrected chi connectivity index (χ4v) is 4.55. The Morgan fingerprint density at radius 3 is 2.33 bits per heavy atom. The highest BCUT2D eigenvalue weighted by atomic mass is 16.5. The summed E-state index contributed by atoms with van der Waals surface area (Å²) in [6.45, 7) is 5.64. The van der Waals surface area contributed by atoms with Crippen molar-refractivity contribution in [3.8, 4) is 0 Å². The van der Waals surface area contributed by atoms with Crippen molar-refractivity contribution in [1.82, 2.24) is 24.8 Å². The van der Waals surface area contributed by atoms with Crippen LogP contribution < -0.4 is 10.6 Å². The van der Waals surface area contributed by atoms with E-state index < -0.39 is 0 Å². The molecule has 2 aliphatic carbocycles. The molecule has 0 spiro atoms. The minimum absolute atomic E-state index is 0.349. The van der Waals surface area contributed by atoms with Gasteiger partial charge < -0.3 is 20.3 Å². The summed E-state index contributed by atoms with van der Waals surface area (Å²) in [6, 6.07) is 7.53. The van der Waals surface area contributed by atoms with Gasteiger partial charge in [-0.2, -0.15) is 0 Å². The minimum atomic E-state index is 0.349. The Balaban J connectivity index is 0.000000139. The van der Waals surface area contributed by atoms with Crippen LogP contribution in [0.5, 0.6) is 0 Å². The van der Waals surface area contributed by atoms with Crippen LogP contribution in [-0.4, -0.2) is 88.2 Å². The molecule has 2 aromatic rings. The third-order valence-corrected chi connectivity index (χ3v) is 6.78. The molecule has 0 atom stereocenters. The molecule has 4 fully saturated rings. The molecule has 4 aliphatic rings. The Bertz CT molecular complexity index is 878. The second kappa shape index (κ2) is 10.4. The average molecular weight is 452 g/mol. The third-order valence-electron chi connectivity index (χ3n) is 6.78. The van der Waals surface area contributed by atoms with E-state index in [1.165, 1.54) is 12.8 Å². The summed E-state index contributed by atoms with van der Waals surface area (Å²) in [6.07, 6.45) is 11.5. The normalized spacial score (nSPS) is 25.2. The predicted octanol–water partition coefficient (Wildman–Crippen LogP) is 1.87. The van der Waals surface area contributed by atoms with Crippen molar-refractivity contribution in [3.05, 3.63) is 43.1 Å². The highest BCUT2D eigenvalue weighted by molar-refractivity contribution is 5.82. The van der Waals surface area contributed by atoms with Crippen LogP contribution in [-0.2, 0) is 9.53 Å². The van der Waals surface area contributed by atoms with Crippen molar-refractivity contribution in [2.75, 3.05) is 50.0 Å². The maximum absolute atomic E-state index is 11.7. The van der Waals surface area contributed by atoms with Crippen molar-refractivity contribution in [2.24, 2.45) is 5.92 Å². The fourth-order valence-electron chi connectivity index (χ4n) is 4.55. The summed E-state index contributed by atoms with van der Waals surface area (Å²) in [5, 5.41) is 6.83. The van der Waals surface area contributed by atoms with Crippen LogP contribution in [0.25, 0.3) is 0 Å². The number of ether oxygens (including phenoxy) is 1. The lowest BCUT2D eigenvalue weighted by Gasteiger charge is -2.44. The first-order valence-corrected chi connectivity index (χ1v) is 12.0. The van der Waals surface area contributed by atoms with E-state index in [1.807, 2.05) is 23.1 Å². The molecule has 0 aromatic carbocycles. The largest absolute Gasteiger partial charge is 0.379 e. The Morgan fingerprint density at radius 1 is 0.939 bits per heavy atom. The predicted molar refractivity (Wildman–Crippen MR) is 126 cm³/mol. The number of hydrogen-bond acceptors (Lipinski definition) is 8. The molecule has 9 heteroatoms. The summed E-state index contributed by atoms with van der Waals surface area (Å²) in [5.41, 5.74) is 1.08. The number of nitrogens with zero attached hydrogens (tertiary/aromatic N) is 5. The molecule has 0 radical (unpaired) electrons. The van der Waals surface area contributed by atoms with Crippen molar-refractivity contribution in [2.45, 2.75) is 43.8 Å². The van der Waals surface area contributed by atoms with Crippen LogP contribution in [0.2, 0.25) is 0 Å². The van der Waals surface area contributed by atoms with E-state index >= 15 is 0 Å². The van der Waals surface area contributed by atoms with E-state index in [0.29, 0.717) is 23.9 Å². The number of amides is 1. The van der Waals surface area contributed by atoms with E-state index in [9.17, 15) is 4.79 Å². The Labute approximate surface area is 194 Å². The maximum Gasteiger partial charge on any atom is 0.225 e. The molecule has 1 amide bonds. The van der Waals surface area contributed by atoms with Crippen molar-refractivity contribution in [1.29, 1.82) is 0 Å². The standard InChI is InChI=1S/C12H18N4O.C12H15N3O/c1-2-13-9-14-12(1)15-10-7-11(8-10)16-3-5-17-6-4-16;16-12(9-1-2-9)15-7-11(8-15)14-10-3-5-13-6-4-10/h1-2,9-11H,3-8H2,(H,13,14,15);3-6,9,11H,1-2,7-8H2,(H,13,14). The summed E-state index contributed by atoms with van der Waals surface area (Å²) in [7, 11) is 0. The van der Waals surface area contributed by atoms with Gasteiger partial charge in [0.2, 0.25) is 5.91 Å². The van der Waals surface area contributed by atoms with Gasteiger partial charge in [-0.1, -0.05) is 0 Å². The van der Waals surface area contributed by atoms with Crippen LogP contribution in [0.4, 0.5) is 11.5 Å². The molecule has 2 N–H and O–H groups in total. The van der Waals surface area contributed by atoms with E-state index in [1.54, 1.807) is 24.9 Å². The zero-order valence-electron chi connectivity index (χ0n) is 19.0. The smallest absolute Gasteiger partial charge is 0.225 e. The Morgan fingerprint density at radius 2 is 1.67 bits per heavy atom. The van der Waals surface area contributed by atoms with Gasteiger partial charge in [-0.05, 0) is 43.9 Å². The molecular formula is C24H33N7O2. The molecule has 9 nitrogen and oxygen atoms in total. The van der Waals surface area contributed by atoms with E-state index in [-0.39, 0.29) is 0 Å². The second-order valence-corrected chi connectivity index (χ2v) is 9.30. The minimum Gasteiger partial charge on any atom is -0.379 e. The maximum atomic E-state index is 11.7. The number of hydrogen-bond donors (Lipinski definition) is 2. The quantitative estimate of drug-likeness (QED) is 0.687. The van der Waals surface area contributed by atoms with Crippen molar-refractivity contribution in [3.63, 3.8) is 0 Å². The zero-order chi connectivity index (χ0) is 22.5. The van der Waals surface area contributed by atoms with Crippen LogP contribution in [0.3, 0.4) is 0 Å². The van der Waals surface area contributed by atoms with Gasteiger partial charge in [0.05, 0.1) is 19.3 Å². The fraction of sp³-hybridized carbons (Fsp3) is 0.583. The van der Waals surface area contributed by atoms with Gasteiger partial charge in [-0.3, -0.25) is 14.7 Å². The number of carbonyl (C=O) groups excluding carboxylic acids is 1. The summed E-state index contributed by atoms with van der Waals surface area (Å²) in [4.78, 5) is 28.2. The van der Waals surface area contributed by atoms with Gasteiger partial charge in [-0.15, -0.1) is 0 Å². The average Bonchev–Trinajstić information content (AvgIpc) is 3.66. The molecule has 0 unspecified atom stereocenters. The van der Waals surface area contributed by atoms with Crippen molar-refractivity contribution >= 4 is 17.4 Å². The molecule has 2 aliphatic heterocycles. The summed E-state index contributed by atoms with van der Waals surface area (Å²) in [5.74, 6) is 1.64. The molecule has 2 saturated carbocycles. The number of anilines is 2. The molecular weight excluding hydrogens is 418 g/mol. The van der Waals surface area contributed by atoms with E-state index in [4.69, 9.17) is 4.74 Å². The molecule has 176 valence electrons. The molecule has 33 heavy (non-hydrogen) atoms. The summed E-state index contributed by atoms with van der Waals surface area (Å²) < 4.78 is 5.37. The van der Waals surface area contributed by atoms with Gasteiger partial charge >= 0.3 is 0 Å². The van der Waals surface area contributed by atoms with E-state index in [2.05, 4.69) is 30.5 Å². The SMILES string of the molecule is O=C(C1CC1)N1CC(Nc2ccncc2)C1.c1cc(NC2CC(N3CCOCC3)C2)ncn1. The Kier molecular flexibility index (Phi) is 6.97. The molecule has 4 heterocycles. The second-order valence-electron chi connectivity index (χ2n) is 9.30. The summed E-state index contributed by atoms with van der Waals surface area (Å²) >= 11 is 0. The number of aromatic nitrogens is 3. The first kappa shape index (κ1) is 22.0. The van der Waals surface area contributed by atoms with Gasteiger partial charge in [0.15, 0.2) is 0 Å². The van der Waals surface area contributed by atoms with Gasteiger partial charge in [0, 0.05) is 68.5 Å². The first-order valence-electron chi connectivity index (χ1n) is 12.0. The molecule has 0 bridgehead atoms. The number of carbonyl (C=O) groups is 1. The van der Waals surface area contributed by atoms with Gasteiger partial charge in [0.25, 0.3) is 0 Å². The van der Waals surface area contributed by atoms with Crippen LogP contribution >= 0.6 is 0 Å². The van der Waals surface area contributed by atoms with Crippen LogP contribution in [0.15, 0.2) is 43.1 Å². The highest BCUT2D eigenvalue weighted by Crippen LogP contribution is 2.32. The van der Waals surface area contributed by atoms with Crippen LogP contribution in [0.1, 0.15) is 25.7 Å². The number of morpholine rings is 1. The van der Waals surface area contributed by atoms with Gasteiger partial charge in [0.1, 0.15) is 12.1 Å². The number of nitrogens with one attached hydrogen (secondary N) is 2. The Hall–Kier alpha value is -2.78. The third kappa shape index (κ3) is 5.97. The van der Waals surface area contributed by atoms with Gasteiger partial charge in [-0.25, -0.2) is 9.97 Å². The van der Waals surface area contributed by atoms with Crippen LogP contribution in [0, 0.1) is 5.92 Å². The topological polar surface area (TPSA) is 95.5 Å². The lowest BCUT2D eigenvalue weighted by atomic mass is 9.85. The number of rotatable bonds is 6. The first-order chi connectivity index (χ1) is 16.2. The highest BCUT2D eigenvalue weighted by Gasteiger charge is 2.39. The number of pyridine rings is 1. The number of likely N-dealkylation sites (tertiary alicyclic amines) is 1. The van der Waals surface area contributed by atoms with Crippen molar-refractivity contribution < 1.29 is 9.53 Å². The monoisotopic (exact) mass is 451 g/mol. The zero-order valence-corrected chi connectivity index (χ0v) is 19.0. The lowest BCUT2D eigenvalue weighted by Crippen LogP contribution is -2.57. The molecule has 6 rings (SSSR count). The van der Waals surface area contributed by atoms with E-state index in [0.717, 1.165) is 69.8 Å². The molecule has 2 saturated heterocycles.